The number of aliphatic carboxylic acids is 1. The highest BCUT2D eigenvalue weighted by Gasteiger charge is 2.29. The van der Waals surface area contributed by atoms with Crippen LogP contribution in [0.1, 0.15) is 45.0 Å². The summed E-state index contributed by atoms with van der Waals surface area (Å²) >= 11 is 0. The van der Waals surface area contributed by atoms with E-state index in [9.17, 15) is 19.5 Å². The zero-order valence-corrected chi connectivity index (χ0v) is 16.2. The molecule has 1 aromatic rings. The van der Waals surface area contributed by atoms with Crippen LogP contribution in [-0.4, -0.2) is 46.2 Å². The predicted molar refractivity (Wildman–Crippen MR) is 98.7 cm³/mol. The van der Waals surface area contributed by atoms with Gasteiger partial charge in [-0.2, -0.15) is 0 Å². The van der Waals surface area contributed by atoms with Crippen molar-refractivity contribution >= 4 is 17.7 Å². The number of ketones is 1. The van der Waals surface area contributed by atoms with Gasteiger partial charge in [0.25, 0.3) is 0 Å². The Morgan fingerprint density at radius 2 is 1.59 bits per heavy atom. The molecule has 0 aliphatic carbocycles. The van der Waals surface area contributed by atoms with Crippen LogP contribution >= 0.6 is 0 Å². The van der Waals surface area contributed by atoms with Gasteiger partial charge in [-0.15, -0.1) is 0 Å². The van der Waals surface area contributed by atoms with Crippen LogP contribution < -0.4 is 4.74 Å². The standard InChI is InChI=1S/C20H26O7/c1-19(2,3)15(12-26-17(23)11-10-16(21)22)27-14-8-6-13(7-9-14)18(24)20(4,5)25/h6-11,15,25H,12H2,1-5H3,(H,21,22)/b11-10+. The maximum Gasteiger partial charge on any atom is 0.331 e. The molecule has 1 rings (SSSR count). The Labute approximate surface area is 158 Å². The minimum absolute atomic E-state index is 0.0728. The molecule has 0 saturated carbocycles. The molecule has 0 aromatic heterocycles. The summed E-state index contributed by atoms with van der Waals surface area (Å²) in [6.07, 6.45) is 1.03. The smallest absolute Gasteiger partial charge is 0.331 e. The lowest BCUT2D eigenvalue weighted by molar-refractivity contribution is -0.142. The summed E-state index contributed by atoms with van der Waals surface area (Å²) in [6.45, 7) is 8.49. The number of esters is 1. The Bertz CT molecular complexity index is 703. The fourth-order valence-corrected chi connectivity index (χ4v) is 2.01. The van der Waals surface area contributed by atoms with Crippen LogP contribution in [0, 0.1) is 5.41 Å². The molecular formula is C20H26O7. The van der Waals surface area contributed by atoms with E-state index < -0.39 is 29.4 Å². The molecule has 0 amide bonds. The number of aliphatic hydroxyl groups is 1. The van der Waals surface area contributed by atoms with Crippen molar-refractivity contribution in [1.29, 1.82) is 0 Å². The van der Waals surface area contributed by atoms with E-state index in [1.807, 2.05) is 20.8 Å². The molecule has 0 fully saturated rings. The van der Waals surface area contributed by atoms with Crippen LogP contribution in [0.2, 0.25) is 0 Å². The largest absolute Gasteiger partial charge is 0.486 e. The minimum Gasteiger partial charge on any atom is -0.486 e. The number of rotatable bonds is 8. The van der Waals surface area contributed by atoms with Crippen molar-refractivity contribution in [3.05, 3.63) is 42.0 Å². The summed E-state index contributed by atoms with van der Waals surface area (Å²) in [5.74, 6) is -1.95. The van der Waals surface area contributed by atoms with Crippen LogP contribution in [0.25, 0.3) is 0 Å². The first-order valence-corrected chi connectivity index (χ1v) is 8.42. The Morgan fingerprint density at radius 3 is 2.04 bits per heavy atom. The Balaban J connectivity index is 2.82. The molecule has 0 saturated heterocycles. The van der Waals surface area contributed by atoms with Gasteiger partial charge < -0.3 is 19.7 Å². The van der Waals surface area contributed by atoms with Crippen LogP contribution in [-0.2, 0) is 14.3 Å². The van der Waals surface area contributed by atoms with E-state index in [2.05, 4.69) is 0 Å². The topological polar surface area (TPSA) is 110 Å². The second kappa shape index (κ2) is 8.81. The summed E-state index contributed by atoms with van der Waals surface area (Å²) in [5, 5.41) is 18.3. The van der Waals surface area contributed by atoms with E-state index in [0.717, 1.165) is 6.08 Å². The summed E-state index contributed by atoms with van der Waals surface area (Å²) < 4.78 is 10.9. The van der Waals surface area contributed by atoms with Gasteiger partial charge in [0.05, 0.1) is 0 Å². The molecule has 27 heavy (non-hydrogen) atoms. The molecule has 0 aliphatic rings. The van der Waals surface area contributed by atoms with E-state index in [1.54, 1.807) is 24.3 Å². The molecule has 0 spiro atoms. The van der Waals surface area contributed by atoms with Crippen molar-refractivity contribution in [2.75, 3.05) is 6.61 Å². The maximum atomic E-state index is 12.0. The zero-order chi connectivity index (χ0) is 20.8. The predicted octanol–water partition coefficient (Wildman–Crippen LogP) is 2.62. The monoisotopic (exact) mass is 378 g/mol. The number of hydrogen-bond donors (Lipinski definition) is 2. The number of hydrogen-bond acceptors (Lipinski definition) is 6. The molecule has 2 N–H and O–H groups in total. The highest BCUT2D eigenvalue weighted by Crippen LogP contribution is 2.26. The fraction of sp³-hybridized carbons (Fsp3) is 0.450. The number of ether oxygens (including phenoxy) is 2. The van der Waals surface area contributed by atoms with Gasteiger partial charge in [-0.25, -0.2) is 9.59 Å². The third-order valence-corrected chi connectivity index (χ3v) is 3.66. The number of benzene rings is 1. The minimum atomic E-state index is -1.46. The van der Waals surface area contributed by atoms with E-state index in [1.165, 1.54) is 13.8 Å². The first-order chi connectivity index (χ1) is 12.3. The molecule has 7 heteroatoms. The van der Waals surface area contributed by atoms with Gasteiger partial charge in [-0.3, -0.25) is 4.79 Å². The SMILES string of the molecule is CC(C)(O)C(=O)c1ccc(OC(COC(=O)/C=C/C(=O)O)C(C)(C)C)cc1. The Morgan fingerprint density at radius 1 is 1.04 bits per heavy atom. The summed E-state index contributed by atoms with van der Waals surface area (Å²) in [6, 6.07) is 6.31. The number of carboxylic acid groups (broad SMARTS) is 1. The number of Topliss-reactive ketones (excluding diaryl/α,β-unsaturated/α-hetero) is 1. The third kappa shape index (κ3) is 7.62. The van der Waals surface area contributed by atoms with Crippen molar-refractivity contribution in [1.82, 2.24) is 0 Å². The van der Waals surface area contributed by atoms with E-state index in [-0.39, 0.29) is 12.0 Å². The molecule has 7 nitrogen and oxygen atoms in total. The summed E-state index contributed by atoms with van der Waals surface area (Å²) in [4.78, 5) is 34.0. The maximum absolute atomic E-state index is 12.0. The van der Waals surface area contributed by atoms with Gasteiger partial charge in [-0.05, 0) is 38.1 Å². The van der Waals surface area contributed by atoms with Gasteiger partial charge >= 0.3 is 11.9 Å². The van der Waals surface area contributed by atoms with Crippen LogP contribution in [0.4, 0.5) is 0 Å². The highest BCUT2D eigenvalue weighted by atomic mass is 16.6. The molecule has 1 unspecified atom stereocenters. The van der Waals surface area contributed by atoms with Crippen LogP contribution in [0.5, 0.6) is 5.75 Å². The van der Waals surface area contributed by atoms with Gasteiger partial charge in [0, 0.05) is 23.1 Å². The second-order valence-corrected chi connectivity index (χ2v) is 7.69. The molecule has 1 aromatic carbocycles. The first-order valence-electron chi connectivity index (χ1n) is 8.42. The lowest BCUT2D eigenvalue weighted by atomic mass is 9.89. The van der Waals surface area contributed by atoms with Gasteiger partial charge in [0.2, 0.25) is 0 Å². The average molecular weight is 378 g/mol. The molecular weight excluding hydrogens is 352 g/mol. The quantitative estimate of drug-likeness (QED) is 0.406. The van der Waals surface area contributed by atoms with Crippen LogP contribution in [0.3, 0.4) is 0 Å². The first kappa shape index (κ1) is 22.4. The lowest BCUT2D eigenvalue weighted by Crippen LogP contribution is -2.37. The highest BCUT2D eigenvalue weighted by molar-refractivity contribution is 6.01. The van der Waals surface area contributed by atoms with Crippen molar-refractivity contribution in [3.8, 4) is 5.75 Å². The van der Waals surface area contributed by atoms with E-state index >= 15 is 0 Å². The number of carbonyl (C=O) groups is 3. The normalized spacial score (nSPS) is 13.3. The summed E-state index contributed by atoms with van der Waals surface area (Å²) in [5.41, 5.74) is -1.49. The third-order valence-electron chi connectivity index (χ3n) is 3.66. The van der Waals surface area contributed by atoms with E-state index in [4.69, 9.17) is 14.6 Å². The molecule has 1 atom stereocenters. The Hall–Kier alpha value is -2.67. The molecule has 0 aliphatic heterocycles. The van der Waals surface area contributed by atoms with Crippen molar-refractivity contribution in [2.24, 2.45) is 5.41 Å². The number of carboxylic acids is 1. The van der Waals surface area contributed by atoms with Crippen molar-refractivity contribution in [3.63, 3.8) is 0 Å². The average Bonchev–Trinajstić information content (AvgIpc) is 2.54. The van der Waals surface area contributed by atoms with Crippen molar-refractivity contribution < 1.29 is 34.1 Å². The molecule has 0 radical (unpaired) electrons. The van der Waals surface area contributed by atoms with E-state index in [0.29, 0.717) is 17.4 Å². The van der Waals surface area contributed by atoms with Gasteiger partial charge in [-0.1, -0.05) is 20.8 Å². The zero-order valence-electron chi connectivity index (χ0n) is 16.2. The fourth-order valence-electron chi connectivity index (χ4n) is 2.01. The van der Waals surface area contributed by atoms with Crippen LogP contribution in [0.15, 0.2) is 36.4 Å². The van der Waals surface area contributed by atoms with Gasteiger partial charge in [0.1, 0.15) is 24.1 Å². The van der Waals surface area contributed by atoms with Crippen molar-refractivity contribution in [2.45, 2.75) is 46.3 Å². The summed E-state index contributed by atoms with van der Waals surface area (Å²) in [7, 11) is 0. The molecule has 148 valence electrons. The molecule has 0 bridgehead atoms. The van der Waals surface area contributed by atoms with Gasteiger partial charge in [0.15, 0.2) is 5.78 Å². The lowest BCUT2D eigenvalue weighted by Gasteiger charge is -2.30. The Kier molecular flexibility index (Phi) is 7.30. The second-order valence-electron chi connectivity index (χ2n) is 7.69. The number of carbonyl (C=O) groups excluding carboxylic acids is 2. The molecule has 0 heterocycles.